The van der Waals surface area contributed by atoms with Crippen LogP contribution in [0.5, 0.6) is 0 Å². The van der Waals surface area contributed by atoms with Crippen molar-refractivity contribution < 1.29 is 14.7 Å². The molecule has 2 heterocycles. The molecule has 1 amide bonds. The van der Waals surface area contributed by atoms with Crippen LogP contribution >= 0.6 is 0 Å². The molecule has 1 aliphatic heterocycles. The second kappa shape index (κ2) is 9.87. The van der Waals surface area contributed by atoms with E-state index in [0.29, 0.717) is 0 Å². The highest BCUT2D eigenvalue weighted by Crippen LogP contribution is 2.31. The molecule has 0 spiro atoms. The Morgan fingerprint density at radius 2 is 1.85 bits per heavy atom. The maximum absolute atomic E-state index is 12.9. The summed E-state index contributed by atoms with van der Waals surface area (Å²) in [7, 11) is 3.66. The summed E-state index contributed by atoms with van der Waals surface area (Å²) in [6.45, 7) is 2.63. The fourth-order valence-corrected chi connectivity index (χ4v) is 3.56. The molecule has 0 unspecified atom stereocenters. The van der Waals surface area contributed by atoms with Gasteiger partial charge in [-0.25, -0.2) is 0 Å². The Morgan fingerprint density at radius 3 is 2.37 bits per heavy atom. The van der Waals surface area contributed by atoms with Crippen molar-refractivity contribution in [1.82, 2.24) is 19.6 Å². The fraction of sp³-hybridized carbons (Fsp3) is 0.450. The van der Waals surface area contributed by atoms with Gasteiger partial charge in [-0.05, 0) is 30.9 Å². The van der Waals surface area contributed by atoms with Gasteiger partial charge in [-0.3, -0.25) is 14.3 Å². The number of benzene rings is 1. The lowest BCUT2D eigenvalue weighted by molar-refractivity contribution is -0.141. The summed E-state index contributed by atoms with van der Waals surface area (Å²) in [5.74, 6) is 0.147. The molecule has 1 N–H and O–H groups in total. The van der Waals surface area contributed by atoms with Crippen molar-refractivity contribution in [3.05, 3.63) is 54.4 Å². The molecule has 2 aromatic rings. The molecular weight excluding hydrogens is 344 g/mol. The van der Waals surface area contributed by atoms with E-state index in [9.17, 15) is 4.79 Å². The molecule has 1 aliphatic rings. The standard InChI is InChI=1S/C19H26N4O.CH2O2/c1-21(2)18(24)19(23-13-6-12-20-23)10-15-22(16-11-19)14-9-17-7-4-3-5-8-17;2-1-3/h3-8,12-13H,9-11,14-16H2,1-2H3;1H,(H,2,3). The van der Waals surface area contributed by atoms with Crippen LogP contribution in [0.2, 0.25) is 0 Å². The van der Waals surface area contributed by atoms with Crippen LogP contribution < -0.4 is 0 Å². The van der Waals surface area contributed by atoms with E-state index in [4.69, 9.17) is 9.90 Å². The highest BCUT2D eigenvalue weighted by atomic mass is 16.3. The van der Waals surface area contributed by atoms with E-state index in [1.807, 2.05) is 31.0 Å². The topological polar surface area (TPSA) is 78.7 Å². The zero-order chi connectivity index (χ0) is 19.7. The van der Waals surface area contributed by atoms with Crippen molar-refractivity contribution in [3.63, 3.8) is 0 Å². The van der Waals surface area contributed by atoms with Gasteiger partial charge in [0.25, 0.3) is 6.47 Å². The lowest BCUT2D eigenvalue weighted by Crippen LogP contribution is -2.55. The highest BCUT2D eigenvalue weighted by Gasteiger charge is 2.44. The molecule has 1 saturated heterocycles. The van der Waals surface area contributed by atoms with E-state index in [0.717, 1.165) is 38.9 Å². The van der Waals surface area contributed by atoms with Gasteiger partial charge in [-0.2, -0.15) is 5.10 Å². The van der Waals surface area contributed by atoms with Gasteiger partial charge in [-0.1, -0.05) is 30.3 Å². The van der Waals surface area contributed by atoms with E-state index >= 15 is 0 Å². The Labute approximate surface area is 160 Å². The third kappa shape index (κ3) is 5.17. The quantitative estimate of drug-likeness (QED) is 0.809. The number of piperidine rings is 1. The van der Waals surface area contributed by atoms with Crippen LogP contribution in [0.1, 0.15) is 18.4 Å². The molecule has 7 nitrogen and oxygen atoms in total. The first-order chi connectivity index (χ1) is 13.0. The number of nitrogens with zero attached hydrogens (tertiary/aromatic N) is 4. The van der Waals surface area contributed by atoms with E-state index in [2.05, 4.69) is 40.3 Å². The normalized spacial score (nSPS) is 16.1. The smallest absolute Gasteiger partial charge is 0.290 e. The number of aromatic nitrogens is 2. The minimum absolute atomic E-state index is 0.147. The first kappa shape index (κ1) is 20.6. The molecule has 0 atom stereocenters. The molecule has 0 saturated carbocycles. The van der Waals surface area contributed by atoms with Gasteiger partial charge in [0.1, 0.15) is 5.54 Å². The summed E-state index contributed by atoms with van der Waals surface area (Å²) in [6, 6.07) is 12.5. The number of hydrogen-bond donors (Lipinski definition) is 1. The van der Waals surface area contributed by atoms with Gasteiger partial charge < -0.3 is 14.9 Å². The molecule has 0 bridgehead atoms. The van der Waals surface area contributed by atoms with Crippen LogP contribution in [0.4, 0.5) is 0 Å². The molecule has 0 radical (unpaired) electrons. The summed E-state index contributed by atoms with van der Waals surface area (Å²) < 4.78 is 1.86. The van der Waals surface area contributed by atoms with Crippen molar-refractivity contribution in [3.8, 4) is 0 Å². The summed E-state index contributed by atoms with van der Waals surface area (Å²) in [6.07, 6.45) is 6.34. The predicted molar refractivity (Wildman–Crippen MR) is 103 cm³/mol. The lowest BCUT2D eigenvalue weighted by Gasteiger charge is -2.42. The Hall–Kier alpha value is -2.67. The Morgan fingerprint density at radius 1 is 1.22 bits per heavy atom. The van der Waals surface area contributed by atoms with Crippen LogP contribution in [-0.2, 0) is 21.5 Å². The van der Waals surface area contributed by atoms with Gasteiger partial charge in [0, 0.05) is 46.1 Å². The zero-order valence-electron chi connectivity index (χ0n) is 16.0. The third-order valence-electron chi connectivity index (χ3n) is 4.99. The lowest BCUT2D eigenvalue weighted by atomic mass is 9.86. The monoisotopic (exact) mass is 372 g/mol. The predicted octanol–water partition coefficient (Wildman–Crippen LogP) is 1.71. The second-order valence-electron chi connectivity index (χ2n) is 6.86. The number of carbonyl (C=O) groups excluding carboxylic acids is 1. The molecule has 1 aromatic heterocycles. The second-order valence-corrected chi connectivity index (χ2v) is 6.86. The summed E-state index contributed by atoms with van der Waals surface area (Å²) in [5.41, 5.74) is 0.835. The molecule has 1 aromatic carbocycles. The Bertz CT molecular complexity index is 693. The first-order valence-electron chi connectivity index (χ1n) is 9.09. The van der Waals surface area contributed by atoms with Gasteiger partial charge in [0.05, 0.1) is 0 Å². The van der Waals surface area contributed by atoms with Gasteiger partial charge >= 0.3 is 0 Å². The van der Waals surface area contributed by atoms with Crippen molar-refractivity contribution in [2.45, 2.75) is 24.8 Å². The molecule has 27 heavy (non-hydrogen) atoms. The van der Waals surface area contributed by atoms with Crippen LogP contribution in [0.3, 0.4) is 0 Å². The average molecular weight is 372 g/mol. The first-order valence-corrected chi connectivity index (χ1v) is 9.09. The molecule has 1 fully saturated rings. The molecular formula is C20H28N4O3. The minimum atomic E-state index is -0.532. The van der Waals surface area contributed by atoms with E-state index in [1.54, 1.807) is 11.1 Å². The van der Waals surface area contributed by atoms with E-state index < -0.39 is 5.54 Å². The SMILES string of the molecule is CN(C)C(=O)C1(n2cccn2)CCN(CCc2ccccc2)CC1.O=CO. The average Bonchev–Trinajstić information content (AvgIpc) is 3.23. The van der Waals surface area contributed by atoms with Crippen LogP contribution in [0, 0.1) is 0 Å². The van der Waals surface area contributed by atoms with Gasteiger partial charge in [-0.15, -0.1) is 0 Å². The number of likely N-dealkylation sites (N-methyl/N-ethyl adjacent to an activating group) is 1. The number of carboxylic acid groups (broad SMARTS) is 1. The summed E-state index contributed by atoms with van der Waals surface area (Å²) >= 11 is 0. The van der Waals surface area contributed by atoms with Crippen molar-refractivity contribution in [1.29, 1.82) is 0 Å². The van der Waals surface area contributed by atoms with Crippen molar-refractivity contribution in [2.75, 3.05) is 33.7 Å². The van der Waals surface area contributed by atoms with Gasteiger partial charge in [0.15, 0.2) is 0 Å². The molecule has 146 valence electrons. The Balaban J connectivity index is 0.000000817. The van der Waals surface area contributed by atoms with Crippen LogP contribution in [0.15, 0.2) is 48.8 Å². The third-order valence-corrected chi connectivity index (χ3v) is 4.99. The number of likely N-dealkylation sites (tertiary alicyclic amines) is 1. The van der Waals surface area contributed by atoms with E-state index in [1.165, 1.54) is 5.56 Å². The van der Waals surface area contributed by atoms with Crippen molar-refractivity contribution in [2.24, 2.45) is 0 Å². The van der Waals surface area contributed by atoms with E-state index in [-0.39, 0.29) is 12.4 Å². The Kier molecular flexibility index (Phi) is 7.55. The minimum Gasteiger partial charge on any atom is -0.483 e. The molecule has 0 aliphatic carbocycles. The number of hydrogen-bond acceptors (Lipinski definition) is 4. The zero-order valence-corrected chi connectivity index (χ0v) is 16.0. The van der Waals surface area contributed by atoms with Crippen LogP contribution in [0.25, 0.3) is 0 Å². The maximum atomic E-state index is 12.9. The van der Waals surface area contributed by atoms with Gasteiger partial charge in [0.2, 0.25) is 5.91 Å². The fourth-order valence-electron chi connectivity index (χ4n) is 3.56. The molecule has 3 rings (SSSR count). The summed E-state index contributed by atoms with van der Waals surface area (Å²) in [5, 5.41) is 11.3. The number of carbonyl (C=O) groups is 2. The van der Waals surface area contributed by atoms with Crippen LogP contribution in [-0.4, -0.2) is 70.8 Å². The number of rotatable bonds is 5. The molecule has 7 heteroatoms. The number of amides is 1. The highest BCUT2D eigenvalue weighted by molar-refractivity contribution is 5.84. The largest absolute Gasteiger partial charge is 0.483 e. The van der Waals surface area contributed by atoms with Crippen molar-refractivity contribution >= 4 is 12.4 Å². The maximum Gasteiger partial charge on any atom is 0.290 e. The summed E-state index contributed by atoms with van der Waals surface area (Å²) in [4.78, 5) is 25.4.